The van der Waals surface area contributed by atoms with Gasteiger partial charge in [-0.15, -0.1) is 11.3 Å². The van der Waals surface area contributed by atoms with Crippen molar-refractivity contribution in [2.75, 3.05) is 26.2 Å². The molecule has 2 heterocycles. The van der Waals surface area contributed by atoms with Gasteiger partial charge >= 0.3 is 0 Å². The number of amidine groups is 1. The highest BCUT2D eigenvalue weighted by molar-refractivity contribution is 14.1. The minimum Gasteiger partial charge on any atom is -0.409 e. The summed E-state index contributed by atoms with van der Waals surface area (Å²) in [6.45, 7) is 6.54. The molecule has 0 bridgehead atoms. The number of halogens is 1. The third-order valence-corrected chi connectivity index (χ3v) is 5.70. The first-order chi connectivity index (χ1) is 9.86. The number of amides is 1. The molecule has 1 fully saturated rings. The Balaban J connectivity index is 1.99. The SMILES string of the molecule is CC(C)(C(N)=NO)N1CCN(C(=O)c2csc(I)c2)CC1. The number of carbonyl (C=O) groups is 1. The Kier molecular flexibility index (Phi) is 5.10. The van der Waals surface area contributed by atoms with Gasteiger partial charge in [0.05, 0.1) is 14.0 Å². The van der Waals surface area contributed by atoms with Crippen LogP contribution in [0.2, 0.25) is 0 Å². The van der Waals surface area contributed by atoms with Crippen LogP contribution >= 0.6 is 33.9 Å². The summed E-state index contributed by atoms with van der Waals surface area (Å²) in [6.07, 6.45) is 0. The fourth-order valence-electron chi connectivity index (χ4n) is 2.36. The zero-order valence-corrected chi connectivity index (χ0v) is 15.0. The number of hydrogen-bond donors (Lipinski definition) is 2. The topological polar surface area (TPSA) is 82.2 Å². The molecule has 1 aromatic rings. The quantitative estimate of drug-likeness (QED) is 0.255. The third-order valence-electron chi connectivity index (χ3n) is 3.91. The van der Waals surface area contributed by atoms with E-state index in [1.807, 2.05) is 30.2 Å². The van der Waals surface area contributed by atoms with Gasteiger partial charge in [-0.25, -0.2) is 0 Å². The number of carbonyl (C=O) groups excluding carboxylic acids is 1. The van der Waals surface area contributed by atoms with Crippen LogP contribution in [0.25, 0.3) is 0 Å². The van der Waals surface area contributed by atoms with E-state index in [4.69, 9.17) is 10.9 Å². The zero-order chi connectivity index (χ0) is 15.6. The highest BCUT2D eigenvalue weighted by Gasteiger charge is 2.34. The number of nitrogens with zero attached hydrogens (tertiary/aromatic N) is 3. The molecule has 0 aliphatic carbocycles. The lowest BCUT2D eigenvalue weighted by molar-refractivity contribution is 0.0532. The molecular weight excluding hydrogens is 403 g/mol. The second-order valence-electron chi connectivity index (χ2n) is 5.46. The van der Waals surface area contributed by atoms with Crippen LogP contribution in [-0.4, -0.2) is 58.5 Å². The van der Waals surface area contributed by atoms with Crippen molar-refractivity contribution in [2.24, 2.45) is 10.9 Å². The summed E-state index contributed by atoms with van der Waals surface area (Å²) in [6, 6.07) is 1.92. The Hall–Kier alpha value is -0.870. The lowest BCUT2D eigenvalue weighted by atomic mass is 10.00. The minimum absolute atomic E-state index is 0.0791. The standard InChI is InChI=1S/C13H19IN4O2S/c1-13(2,12(15)16-20)18-5-3-17(4-6-18)11(19)9-7-10(14)21-8-9/h7-8,20H,3-6H2,1-2H3,(H2,15,16). The van der Waals surface area contributed by atoms with Crippen LogP contribution in [0.15, 0.2) is 16.6 Å². The van der Waals surface area contributed by atoms with Gasteiger partial charge in [-0.05, 0) is 42.5 Å². The molecule has 0 saturated carbocycles. The molecule has 1 aliphatic heterocycles. The second-order valence-corrected chi connectivity index (χ2v) is 8.27. The first-order valence-corrected chi connectivity index (χ1v) is 8.58. The predicted molar refractivity (Wildman–Crippen MR) is 92.0 cm³/mol. The molecule has 0 spiro atoms. The van der Waals surface area contributed by atoms with Crippen molar-refractivity contribution < 1.29 is 10.0 Å². The molecule has 116 valence electrons. The monoisotopic (exact) mass is 422 g/mol. The second kappa shape index (κ2) is 6.49. The predicted octanol–water partition coefficient (Wildman–Crippen LogP) is 1.64. The van der Waals surface area contributed by atoms with Gasteiger partial charge in [0, 0.05) is 31.6 Å². The van der Waals surface area contributed by atoms with Crippen LogP contribution < -0.4 is 5.73 Å². The van der Waals surface area contributed by atoms with E-state index in [2.05, 4.69) is 32.6 Å². The van der Waals surface area contributed by atoms with E-state index in [9.17, 15) is 4.79 Å². The van der Waals surface area contributed by atoms with Gasteiger partial charge in [0.2, 0.25) is 0 Å². The Bertz CT molecular complexity index is 550. The molecule has 1 aromatic heterocycles. The lowest BCUT2D eigenvalue weighted by Gasteiger charge is -2.43. The van der Waals surface area contributed by atoms with Crippen LogP contribution in [0, 0.1) is 2.88 Å². The van der Waals surface area contributed by atoms with Gasteiger partial charge in [-0.2, -0.15) is 0 Å². The summed E-state index contributed by atoms with van der Waals surface area (Å²) in [5, 5.41) is 13.9. The Morgan fingerprint density at radius 3 is 2.52 bits per heavy atom. The van der Waals surface area contributed by atoms with E-state index in [0.29, 0.717) is 26.2 Å². The van der Waals surface area contributed by atoms with Crippen molar-refractivity contribution >= 4 is 45.7 Å². The largest absolute Gasteiger partial charge is 0.409 e. The van der Waals surface area contributed by atoms with Gasteiger partial charge in [-0.1, -0.05) is 5.16 Å². The molecule has 6 nitrogen and oxygen atoms in total. The number of thiophene rings is 1. The molecule has 0 aromatic carbocycles. The average molecular weight is 422 g/mol. The first kappa shape index (κ1) is 16.5. The minimum atomic E-state index is -0.512. The maximum atomic E-state index is 12.4. The van der Waals surface area contributed by atoms with Crippen LogP contribution in [0.3, 0.4) is 0 Å². The van der Waals surface area contributed by atoms with E-state index >= 15 is 0 Å². The molecule has 1 aliphatic rings. The van der Waals surface area contributed by atoms with E-state index in [1.54, 1.807) is 11.3 Å². The number of rotatable bonds is 3. The number of nitrogens with two attached hydrogens (primary N) is 1. The summed E-state index contributed by atoms with van der Waals surface area (Å²) < 4.78 is 1.11. The smallest absolute Gasteiger partial charge is 0.254 e. The van der Waals surface area contributed by atoms with Crippen molar-refractivity contribution in [3.05, 3.63) is 19.9 Å². The molecule has 3 N–H and O–H groups in total. The number of piperazine rings is 1. The highest BCUT2D eigenvalue weighted by atomic mass is 127. The summed E-state index contributed by atoms with van der Waals surface area (Å²) >= 11 is 3.80. The molecule has 0 unspecified atom stereocenters. The van der Waals surface area contributed by atoms with Gasteiger partial charge in [0.1, 0.15) is 0 Å². The number of oxime groups is 1. The van der Waals surface area contributed by atoms with Crippen LogP contribution in [0.1, 0.15) is 24.2 Å². The van der Waals surface area contributed by atoms with Gasteiger partial charge < -0.3 is 15.8 Å². The van der Waals surface area contributed by atoms with E-state index in [1.165, 1.54) is 0 Å². The van der Waals surface area contributed by atoms with E-state index in [-0.39, 0.29) is 11.7 Å². The van der Waals surface area contributed by atoms with Crippen LogP contribution in [-0.2, 0) is 0 Å². The maximum absolute atomic E-state index is 12.4. The summed E-state index contributed by atoms with van der Waals surface area (Å²) in [7, 11) is 0. The van der Waals surface area contributed by atoms with Gasteiger partial charge in [-0.3, -0.25) is 9.69 Å². The lowest BCUT2D eigenvalue weighted by Crippen LogP contribution is -2.60. The highest BCUT2D eigenvalue weighted by Crippen LogP contribution is 2.21. The van der Waals surface area contributed by atoms with Crippen molar-refractivity contribution in [3.63, 3.8) is 0 Å². The Labute approximate surface area is 141 Å². The number of hydrogen-bond acceptors (Lipinski definition) is 5. The summed E-state index contributed by atoms with van der Waals surface area (Å²) in [5.41, 5.74) is 5.99. The fraction of sp³-hybridized carbons (Fsp3) is 0.538. The Morgan fingerprint density at radius 1 is 1.43 bits per heavy atom. The normalized spacial score (nSPS) is 18.0. The van der Waals surface area contributed by atoms with E-state index < -0.39 is 5.54 Å². The van der Waals surface area contributed by atoms with Gasteiger partial charge in [0.25, 0.3) is 5.91 Å². The van der Waals surface area contributed by atoms with Crippen molar-refractivity contribution in [1.82, 2.24) is 9.80 Å². The van der Waals surface area contributed by atoms with Gasteiger partial charge in [0.15, 0.2) is 5.84 Å². The van der Waals surface area contributed by atoms with Crippen LogP contribution in [0.4, 0.5) is 0 Å². The molecule has 21 heavy (non-hydrogen) atoms. The first-order valence-electron chi connectivity index (χ1n) is 6.62. The molecule has 1 saturated heterocycles. The molecule has 8 heteroatoms. The average Bonchev–Trinajstić information content (AvgIpc) is 2.92. The molecular formula is C13H19IN4O2S. The summed E-state index contributed by atoms with van der Waals surface area (Å²) in [4.78, 5) is 16.4. The van der Waals surface area contributed by atoms with Crippen molar-refractivity contribution in [2.45, 2.75) is 19.4 Å². The molecule has 0 radical (unpaired) electrons. The summed E-state index contributed by atoms with van der Waals surface area (Å²) in [5.74, 6) is 0.269. The molecule has 1 amide bonds. The zero-order valence-electron chi connectivity index (χ0n) is 12.0. The fourth-order valence-corrected chi connectivity index (χ4v) is 3.68. The third kappa shape index (κ3) is 3.49. The van der Waals surface area contributed by atoms with Crippen LogP contribution in [0.5, 0.6) is 0 Å². The van der Waals surface area contributed by atoms with Crippen molar-refractivity contribution in [1.29, 1.82) is 0 Å². The molecule has 0 atom stereocenters. The molecule has 2 rings (SSSR count). The maximum Gasteiger partial charge on any atom is 0.254 e. The Morgan fingerprint density at radius 2 is 2.05 bits per heavy atom. The van der Waals surface area contributed by atoms with E-state index in [0.717, 1.165) is 8.45 Å². The van der Waals surface area contributed by atoms with Crippen molar-refractivity contribution in [3.8, 4) is 0 Å².